The summed E-state index contributed by atoms with van der Waals surface area (Å²) in [5.41, 5.74) is 5.59. The van der Waals surface area contributed by atoms with Crippen molar-refractivity contribution in [2.75, 3.05) is 20.3 Å². The molecule has 4 heteroatoms. The predicted octanol–water partition coefficient (Wildman–Crippen LogP) is -0.0867. The van der Waals surface area contributed by atoms with Crippen molar-refractivity contribution >= 4 is 5.97 Å². The molecule has 1 unspecified atom stereocenters. The van der Waals surface area contributed by atoms with Gasteiger partial charge in [0.15, 0.2) is 0 Å². The van der Waals surface area contributed by atoms with Crippen molar-refractivity contribution in [3.63, 3.8) is 0 Å². The molecule has 1 fully saturated rings. The Hall–Kier alpha value is -0.610. The Balaban J connectivity index is 2.09. The number of nitrogens with two attached hydrogens (primary N) is 1. The molecule has 0 heterocycles. The molecular formula is C8H15NO3. The van der Waals surface area contributed by atoms with Crippen molar-refractivity contribution in [3.05, 3.63) is 0 Å². The first-order chi connectivity index (χ1) is 5.75. The molecule has 1 rings (SSSR count). The number of hydrogen-bond donors (Lipinski definition) is 1. The quantitative estimate of drug-likeness (QED) is 0.466. The van der Waals surface area contributed by atoms with Crippen LogP contribution in [0.5, 0.6) is 0 Å². The molecule has 0 aromatic heterocycles. The summed E-state index contributed by atoms with van der Waals surface area (Å²) >= 11 is 0. The predicted molar refractivity (Wildman–Crippen MR) is 43.5 cm³/mol. The van der Waals surface area contributed by atoms with Crippen LogP contribution in [0.1, 0.15) is 12.8 Å². The summed E-state index contributed by atoms with van der Waals surface area (Å²) in [7, 11) is 1.56. The smallest absolute Gasteiger partial charge is 0.323 e. The van der Waals surface area contributed by atoms with Crippen molar-refractivity contribution < 1.29 is 14.3 Å². The fraction of sp³-hybridized carbons (Fsp3) is 0.875. The fourth-order valence-corrected chi connectivity index (χ4v) is 0.970. The van der Waals surface area contributed by atoms with Crippen LogP contribution in [-0.4, -0.2) is 32.3 Å². The van der Waals surface area contributed by atoms with Crippen LogP contribution in [0.3, 0.4) is 0 Å². The lowest BCUT2D eigenvalue weighted by atomic mass is 10.2. The van der Waals surface area contributed by atoms with E-state index in [1.54, 1.807) is 7.11 Å². The van der Waals surface area contributed by atoms with Gasteiger partial charge < -0.3 is 15.2 Å². The van der Waals surface area contributed by atoms with E-state index in [4.69, 9.17) is 15.2 Å². The van der Waals surface area contributed by atoms with E-state index >= 15 is 0 Å². The van der Waals surface area contributed by atoms with E-state index in [2.05, 4.69) is 0 Å². The summed E-state index contributed by atoms with van der Waals surface area (Å²) in [5.74, 6) is 0.0644. The Morgan fingerprint density at radius 2 is 2.25 bits per heavy atom. The van der Waals surface area contributed by atoms with Crippen LogP contribution in [-0.2, 0) is 14.3 Å². The lowest BCUT2D eigenvalue weighted by molar-refractivity contribution is -0.147. The van der Waals surface area contributed by atoms with E-state index < -0.39 is 6.04 Å². The minimum atomic E-state index is -0.415. The number of hydrogen-bond acceptors (Lipinski definition) is 4. The van der Waals surface area contributed by atoms with E-state index in [-0.39, 0.29) is 5.97 Å². The Bertz CT molecular complexity index is 156. The number of rotatable bonds is 5. The van der Waals surface area contributed by atoms with E-state index in [9.17, 15) is 4.79 Å². The molecule has 0 aromatic rings. The summed E-state index contributed by atoms with van der Waals surface area (Å²) in [6.07, 6.45) is 2.11. The maximum Gasteiger partial charge on any atom is 0.323 e. The first kappa shape index (κ1) is 9.48. The van der Waals surface area contributed by atoms with Gasteiger partial charge in [-0.2, -0.15) is 0 Å². The molecule has 0 bridgehead atoms. The normalized spacial score (nSPS) is 18.8. The molecule has 70 valence electrons. The maximum atomic E-state index is 11.1. The van der Waals surface area contributed by atoms with Crippen LogP contribution < -0.4 is 5.73 Å². The second kappa shape index (κ2) is 4.42. The first-order valence-corrected chi connectivity index (χ1v) is 4.17. The molecular weight excluding hydrogens is 158 g/mol. The molecule has 0 aromatic carbocycles. The average Bonchev–Trinajstić information content (AvgIpc) is 2.86. The Morgan fingerprint density at radius 1 is 1.58 bits per heavy atom. The summed E-state index contributed by atoms with van der Waals surface area (Å²) in [4.78, 5) is 11.1. The van der Waals surface area contributed by atoms with E-state index in [1.165, 1.54) is 0 Å². The van der Waals surface area contributed by atoms with Gasteiger partial charge in [-0.15, -0.1) is 0 Å². The largest absolute Gasteiger partial charge is 0.462 e. The maximum absolute atomic E-state index is 11.1. The van der Waals surface area contributed by atoms with Crippen LogP contribution >= 0.6 is 0 Å². The van der Waals surface area contributed by atoms with Gasteiger partial charge in [0.05, 0.1) is 6.61 Å². The number of methoxy groups -OCH3 is 1. The lowest BCUT2D eigenvalue weighted by Crippen LogP contribution is -2.34. The molecule has 0 saturated heterocycles. The molecule has 1 atom stereocenters. The first-order valence-electron chi connectivity index (χ1n) is 4.17. The lowest BCUT2D eigenvalue weighted by Gasteiger charge is -2.09. The van der Waals surface area contributed by atoms with E-state index in [1.807, 2.05) is 0 Å². The van der Waals surface area contributed by atoms with Crippen molar-refractivity contribution in [1.82, 2.24) is 0 Å². The summed E-state index contributed by atoms with van der Waals surface area (Å²) in [6.45, 7) is 0.735. The second-order valence-corrected chi connectivity index (χ2v) is 3.02. The molecule has 1 aliphatic carbocycles. The molecule has 1 saturated carbocycles. The molecule has 2 N–H and O–H groups in total. The molecule has 0 radical (unpaired) electrons. The van der Waals surface area contributed by atoms with Gasteiger partial charge in [0.1, 0.15) is 12.6 Å². The number of carbonyl (C=O) groups is 1. The molecule has 4 nitrogen and oxygen atoms in total. The van der Waals surface area contributed by atoms with Gasteiger partial charge in [-0.3, -0.25) is 4.79 Å². The number of ether oxygens (including phenoxy) is 2. The zero-order valence-electron chi connectivity index (χ0n) is 7.29. The van der Waals surface area contributed by atoms with Gasteiger partial charge in [0, 0.05) is 7.11 Å². The molecule has 1 aliphatic rings. The Morgan fingerprint density at radius 3 is 2.75 bits per heavy atom. The van der Waals surface area contributed by atoms with Crippen molar-refractivity contribution in [1.29, 1.82) is 0 Å². The van der Waals surface area contributed by atoms with Gasteiger partial charge >= 0.3 is 5.97 Å². The molecule has 0 aliphatic heterocycles. The van der Waals surface area contributed by atoms with Gasteiger partial charge in [-0.05, 0) is 18.8 Å². The summed E-state index contributed by atoms with van der Waals surface area (Å²) < 4.78 is 9.59. The third-order valence-corrected chi connectivity index (χ3v) is 1.93. The van der Waals surface area contributed by atoms with Crippen LogP contribution in [0.2, 0.25) is 0 Å². The van der Waals surface area contributed by atoms with Gasteiger partial charge in [0.2, 0.25) is 0 Å². The number of esters is 1. The van der Waals surface area contributed by atoms with Gasteiger partial charge in [-0.1, -0.05) is 0 Å². The number of carbonyl (C=O) groups excluding carboxylic acids is 1. The molecule has 12 heavy (non-hydrogen) atoms. The zero-order chi connectivity index (χ0) is 8.97. The van der Waals surface area contributed by atoms with Gasteiger partial charge in [0.25, 0.3) is 0 Å². The van der Waals surface area contributed by atoms with E-state index in [0.717, 1.165) is 12.8 Å². The second-order valence-electron chi connectivity index (χ2n) is 3.02. The van der Waals surface area contributed by atoms with Crippen LogP contribution in [0.25, 0.3) is 0 Å². The van der Waals surface area contributed by atoms with Gasteiger partial charge in [-0.25, -0.2) is 0 Å². The minimum Gasteiger partial charge on any atom is -0.462 e. The van der Waals surface area contributed by atoms with Crippen LogP contribution in [0.15, 0.2) is 0 Å². The Labute approximate surface area is 72.0 Å². The zero-order valence-corrected chi connectivity index (χ0v) is 7.29. The van der Waals surface area contributed by atoms with Crippen molar-refractivity contribution in [3.8, 4) is 0 Å². The minimum absolute atomic E-state index is 0.297. The SMILES string of the molecule is COCCOC(=O)C(N)C1CC1. The van der Waals surface area contributed by atoms with Crippen LogP contribution in [0.4, 0.5) is 0 Å². The van der Waals surface area contributed by atoms with Crippen molar-refractivity contribution in [2.24, 2.45) is 11.7 Å². The fourth-order valence-electron chi connectivity index (χ4n) is 0.970. The Kier molecular flexibility index (Phi) is 3.49. The van der Waals surface area contributed by atoms with E-state index in [0.29, 0.717) is 19.1 Å². The third-order valence-electron chi connectivity index (χ3n) is 1.93. The monoisotopic (exact) mass is 173 g/mol. The van der Waals surface area contributed by atoms with Crippen molar-refractivity contribution in [2.45, 2.75) is 18.9 Å². The molecule has 0 spiro atoms. The highest BCUT2D eigenvalue weighted by Gasteiger charge is 2.34. The summed E-state index contributed by atoms with van der Waals surface area (Å²) in [5, 5.41) is 0. The molecule has 0 amide bonds. The average molecular weight is 173 g/mol. The summed E-state index contributed by atoms with van der Waals surface area (Å²) in [6, 6.07) is -0.415. The highest BCUT2D eigenvalue weighted by Crippen LogP contribution is 2.31. The van der Waals surface area contributed by atoms with Crippen LogP contribution in [0, 0.1) is 5.92 Å². The standard InChI is InChI=1S/C8H15NO3/c1-11-4-5-12-8(10)7(9)6-2-3-6/h6-7H,2-5,9H2,1H3. The topological polar surface area (TPSA) is 61.5 Å². The highest BCUT2D eigenvalue weighted by atomic mass is 16.6. The third kappa shape index (κ3) is 2.79. The highest BCUT2D eigenvalue weighted by molar-refractivity contribution is 5.76.